The maximum Gasteiger partial charge on any atom is 0.341 e. The van der Waals surface area contributed by atoms with Crippen molar-refractivity contribution in [3.63, 3.8) is 0 Å². The van der Waals surface area contributed by atoms with E-state index in [1.807, 2.05) is 0 Å². The number of carbonyl (C=O) groups is 1. The Morgan fingerprint density at radius 1 is 1.47 bits per heavy atom. The lowest BCUT2D eigenvalue weighted by molar-refractivity contribution is 0.0603. The number of nitrogens with zero attached hydrogens (tertiary/aromatic N) is 2. The maximum absolute atomic E-state index is 11.4. The predicted octanol–water partition coefficient (Wildman–Crippen LogP) is 1.35. The number of hydrogen-bond acceptors (Lipinski definition) is 4. The third-order valence-electron chi connectivity index (χ3n) is 2.63. The van der Waals surface area contributed by atoms with Crippen LogP contribution >= 0.6 is 0 Å². The summed E-state index contributed by atoms with van der Waals surface area (Å²) < 4.78 is 6.21. The molecule has 2 rings (SSSR count). The van der Waals surface area contributed by atoms with Crippen molar-refractivity contribution in [1.82, 2.24) is 9.61 Å². The van der Waals surface area contributed by atoms with E-state index < -0.39 is 11.6 Å². The second kappa shape index (κ2) is 3.85. The van der Waals surface area contributed by atoms with Crippen LogP contribution in [0.4, 0.5) is 0 Å². The van der Waals surface area contributed by atoms with Gasteiger partial charge in [-0.3, -0.25) is 0 Å². The molecule has 90 valence electrons. The molecule has 0 aliphatic heterocycles. The average molecular weight is 234 g/mol. The van der Waals surface area contributed by atoms with Gasteiger partial charge in [0.15, 0.2) is 0 Å². The van der Waals surface area contributed by atoms with E-state index in [-0.39, 0.29) is 0 Å². The Hall–Kier alpha value is -1.88. The first-order valence-electron chi connectivity index (χ1n) is 5.22. The van der Waals surface area contributed by atoms with Crippen LogP contribution in [0.2, 0.25) is 0 Å². The van der Waals surface area contributed by atoms with Gasteiger partial charge >= 0.3 is 5.97 Å². The van der Waals surface area contributed by atoms with Crippen LogP contribution in [0.3, 0.4) is 0 Å². The fraction of sp³-hybridized carbons (Fsp3) is 0.333. The molecule has 17 heavy (non-hydrogen) atoms. The number of pyridine rings is 1. The third-order valence-corrected chi connectivity index (χ3v) is 2.63. The van der Waals surface area contributed by atoms with Gasteiger partial charge in [-0.1, -0.05) is 6.07 Å². The topological polar surface area (TPSA) is 63.8 Å². The molecular formula is C12H14N2O3. The SMILES string of the molecule is COC(=O)c1cnn2cc(C(C)(C)O)ccc12. The standard InChI is InChI=1S/C12H14N2O3/c1-12(2,16)8-4-5-10-9(11(15)17-3)6-13-14(10)7-8/h4-7,16H,1-3H3. The van der Waals surface area contributed by atoms with E-state index in [0.717, 1.165) is 5.56 Å². The minimum Gasteiger partial charge on any atom is -0.465 e. The summed E-state index contributed by atoms with van der Waals surface area (Å²) in [5.74, 6) is -0.420. The van der Waals surface area contributed by atoms with Crippen molar-refractivity contribution in [3.05, 3.63) is 35.7 Å². The summed E-state index contributed by atoms with van der Waals surface area (Å²) >= 11 is 0. The molecule has 2 aromatic rings. The van der Waals surface area contributed by atoms with Gasteiger partial charge in [0.05, 0.1) is 24.4 Å². The molecule has 0 atom stereocenters. The zero-order valence-corrected chi connectivity index (χ0v) is 9.97. The van der Waals surface area contributed by atoms with Gasteiger partial charge in [-0.15, -0.1) is 0 Å². The largest absolute Gasteiger partial charge is 0.465 e. The lowest BCUT2D eigenvalue weighted by Crippen LogP contribution is -2.16. The van der Waals surface area contributed by atoms with Gasteiger partial charge in [-0.05, 0) is 19.9 Å². The number of fused-ring (bicyclic) bond motifs is 1. The molecule has 0 saturated carbocycles. The van der Waals surface area contributed by atoms with Gasteiger partial charge in [-0.25, -0.2) is 9.31 Å². The number of aromatic nitrogens is 2. The van der Waals surface area contributed by atoms with E-state index in [4.69, 9.17) is 0 Å². The van der Waals surface area contributed by atoms with Crippen molar-refractivity contribution in [2.45, 2.75) is 19.4 Å². The van der Waals surface area contributed by atoms with Crippen LogP contribution in [0.1, 0.15) is 29.8 Å². The summed E-state index contributed by atoms with van der Waals surface area (Å²) in [7, 11) is 1.33. The molecule has 0 spiro atoms. The monoisotopic (exact) mass is 234 g/mol. The first-order chi connectivity index (χ1) is 7.93. The van der Waals surface area contributed by atoms with Gasteiger partial charge in [-0.2, -0.15) is 5.10 Å². The summed E-state index contributed by atoms with van der Waals surface area (Å²) in [6, 6.07) is 3.51. The molecule has 5 heteroatoms. The fourth-order valence-electron chi connectivity index (χ4n) is 1.61. The Balaban J connectivity index is 2.56. The Kier molecular flexibility index (Phi) is 2.63. The van der Waals surface area contributed by atoms with Crippen LogP contribution < -0.4 is 0 Å². The fourth-order valence-corrected chi connectivity index (χ4v) is 1.61. The zero-order valence-electron chi connectivity index (χ0n) is 9.97. The zero-order chi connectivity index (χ0) is 12.6. The number of methoxy groups -OCH3 is 1. The second-order valence-corrected chi connectivity index (χ2v) is 4.36. The lowest BCUT2D eigenvalue weighted by atomic mass is 10.0. The molecule has 1 N–H and O–H groups in total. The van der Waals surface area contributed by atoms with Gasteiger partial charge in [0, 0.05) is 11.8 Å². The average Bonchev–Trinajstić information content (AvgIpc) is 2.69. The first kappa shape index (κ1) is 11.6. The molecule has 0 aromatic carbocycles. The Morgan fingerprint density at radius 2 is 2.18 bits per heavy atom. The smallest absolute Gasteiger partial charge is 0.341 e. The predicted molar refractivity (Wildman–Crippen MR) is 61.8 cm³/mol. The molecule has 0 unspecified atom stereocenters. The first-order valence-corrected chi connectivity index (χ1v) is 5.22. The van der Waals surface area contributed by atoms with E-state index in [2.05, 4.69) is 9.84 Å². The van der Waals surface area contributed by atoms with E-state index in [1.54, 1.807) is 36.7 Å². The highest BCUT2D eigenvalue weighted by molar-refractivity contribution is 5.96. The van der Waals surface area contributed by atoms with Crippen molar-refractivity contribution >= 4 is 11.5 Å². The number of esters is 1. The quantitative estimate of drug-likeness (QED) is 0.796. The Bertz CT molecular complexity index is 567. The summed E-state index contributed by atoms with van der Waals surface area (Å²) in [5.41, 5.74) is 0.857. The summed E-state index contributed by atoms with van der Waals surface area (Å²) in [6.07, 6.45) is 3.15. The minimum absolute atomic E-state index is 0.412. The van der Waals surface area contributed by atoms with E-state index in [0.29, 0.717) is 11.1 Å². The van der Waals surface area contributed by atoms with Crippen molar-refractivity contribution in [3.8, 4) is 0 Å². The molecule has 5 nitrogen and oxygen atoms in total. The number of hydrogen-bond donors (Lipinski definition) is 1. The molecule has 0 radical (unpaired) electrons. The molecule has 2 aromatic heterocycles. The highest BCUT2D eigenvalue weighted by atomic mass is 16.5. The molecule has 0 fully saturated rings. The summed E-state index contributed by atoms with van der Waals surface area (Å²) in [5, 5.41) is 13.9. The molecule has 0 bridgehead atoms. The van der Waals surface area contributed by atoms with Crippen molar-refractivity contribution < 1.29 is 14.6 Å². The number of ether oxygens (including phenoxy) is 1. The summed E-state index contributed by atoms with van der Waals surface area (Å²) in [4.78, 5) is 11.4. The normalized spacial score (nSPS) is 11.8. The van der Waals surface area contributed by atoms with Gasteiger partial charge in [0.25, 0.3) is 0 Å². The molecule has 0 saturated heterocycles. The van der Waals surface area contributed by atoms with Crippen LogP contribution in [0, 0.1) is 0 Å². The van der Waals surface area contributed by atoms with Crippen LogP contribution in [0.5, 0.6) is 0 Å². The van der Waals surface area contributed by atoms with Crippen molar-refractivity contribution in [2.24, 2.45) is 0 Å². The van der Waals surface area contributed by atoms with E-state index in [1.165, 1.54) is 13.3 Å². The van der Waals surface area contributed by atoms with Crippen LogP contribution in [-0.2, 0) is 10.3 Å². The molecular weight excluding hydrogens is 220 g/mol. The van der Waals surface area contributed by atoms with Crippen LogP contribution in [0.15, 0.2) is 24.5 Å². The molecule has 0 amide bonds. The van der Waals surface area contributed by atoms with Crippen LogP contribution in [0.25, 0.3) is 5.52 Å². The van der Waals surface area contributed by atoms with E-state index in [9.17, 15) is 9.90 Å². The Morgan fingerprint density at radius 3 is 2.76 bits per heavy atom. The second-order valence-electron chi connectivity index (χ2n) is 4.36. The molecule has 0 aliphatic carbocycles. The summed E-state index contributed by atoms with van der Waals surface area (Å²) in [6.45, 7) is 3.39. The minimum atomic E-state index is -0.939. The lowest BCUT2D eigenvalue weighted by Gasteiger charge is -2.17. The highest BCUT2D eigenvalue weighted by Crippen LogP contribution is 2.21. The van der Waals surface area contributed by atoms with Crippen molar-refractivity contribution in [1.29, 1.82) is 0 Å². The van der Waals surface area contributed by atoms with Crippen LogP contribution in [-0.4, -0.2) is 27.8 Å². The molecule has 2 heterocycles. The number of rotatable bonds is 2. The van der Waals surface area contributed by atoms with Gasteiger partial charge < -0.3 is 9.84 Å². The third kappa shape index (κ3) is 2.01. The number of carbonyl (C=O) groups excluding carboxylic acids is 1. The van der Waals surface area contributed by atoms with Gasteiger partial charge in [0.1, 0.15) is 5.56 Å². The highest BCUT2D eigenvalue weighted by Gasteiger charge is 2.18. The molecule has 0 aliphatic rings. The number of aliphatic hydroxyl groups is 1. The van der Waals surface area contributed by atoms with E-state index >= 15 is 0 Å². The van der Waals surface area contributed by atoms with Crippen molar-refractivity contribution in [2.75, 3.05) is 7.11 Å². The Labute approximate surface area is 98.6 Å². The maximum atomic E-state index is 11.4. The van der Waals surface area contributed by atoms with Gasteiger partial charge in [0.2, 0.25) is 0 Å².